The lowest BCUT2D eigenvalue weighted by atomic mass is 10.0. The number of thiophene rings is 1. The minimum atomic E-state index is -0.00884. The third kappa shape index (κ3) is 3.25. The number of rotatable bonds is 4. The van der Waals surface area contributed by atoms with Gasteiger partial charge in [0.2, 0.25) is 5.91 Å². The number of aryl methyl sites for hydroxylation is 2. The van der Waals surface area contributed by atoms with Gasteiger partial charge in [-0.25, -0.2) is 0 Å². The van der Waals surface area contributed by atoms with Crippen molar-refractivity contribution in [3.05, 3.63) is 28.5 Å². The van der Waals surface area contributed by atoms with Gasteiger partial charge in [0.05, 0.1) is 11.7 Å². The van der Waals surface area contributed by atoms with E-state index in [1.807, 2.05) is 13.0 Å². The fourth-order valence-electron chi connectivity index (χ4n) is 2.64. The predicted octanol–water partition coefficient (Wildman–Crippen LogP) is 3.34. The van der Waals surface area contributed by atoms with Crippen molar-refractivity contribution < 1.29 is 4.79 Å². The lowest BCUT2D eigenvalue weighted by Gasteiger charge is -2.33. The maximum absolute atomic E-state index is 12.5. The van der Waals surface area contributed by atoms with Crippen molar-refractivity contribution >= 4 is 22.9 Å². The number of carbonyl (C=O) groups excluding carboxylic acids is 1. The number of hydrogen-bond donors (Lipinski definition) is 1. The average Bonchev–Trinajstić information content (AvgIpc) is 2.71. The Labute approximate surface area is 119 Å². The molecule has 2 heterocycles. The van der Waals surface area contributed by atoms with Crippen molar-refractivity contribution in [3.63, 3.8) is 0 Å². The molecule has 3 nitrogen and oxygen atoms in total. The van der Waals surface area contributed by atoms with Gasteiger partial charge in [-0.15, -0.1) is 17.9 Å². The highest BCUT2D eigenvalue weighted by Gasteiger charge is 2.28. The molecule has 1 N–H and O–H groups in total. The van der Waals surface area contributed by atoms with Gasteiger partial charge in [-0.2, -0.15) is 0 Å². The summed E-state index contributed by atoms with van der Waals surface area (Å²) in [6.07, 6.45) is 5.13. The van der Waals surface area contributed by atoms with Crippen LogP contribution in [-0.4, -0.2) is 29.9 Å². The van der Waals surface area contributed by atoms with Gasteiger partial charge in [0.15, 0.2) is 0 Å². The number of hydrogen-bond acceptors (Lipinski definition) is 3. The smallest absolute Gasteiger partial charge is 0.241 e. The minimum absolute atomic E-state index is 0.00884. The number of anilines is 1. The summed E-state index contributed by atoms with van der Waals surface area (Å²) in [7, 11) is 0. The molecule has 0 radical (unpaired) electrons. The van der Waals surface area contributed by atoms with Crippen LogP contribution in [0.15, 0.2) is 18.0 Å². The van der Waals surface area contributed by atoms with Gasteiger partial charge in [0, 0.05) is 11.4 Å². The second kappa shape index (κ2) is 6.35. The number of likely N-dealkylation sites (tertiary alicyclic amines) is 1. The molecule has 0 aliphatic carbocycles. The second-order valence-electron chi connectivity index (χ2n) is 5.13. The minimum Gasteiger partial charge on any atom is -0.323 e. The molecule has 104 valence electrons. The Morgan fingerprint density at radius 1 is 1.58 bits per heavy atom. The lowest BCUT2D eigenvalue weighted by Crippen LogP contribution is -2.47. The zero-order chi connectivity index (χ0) is 13.8. The number of piperidine rings is 1. The largest absolute Gasteiger partial charge is 0.323 e. The average molecular weight is 278 g/mol. The van der Waals surface area contributed by atoms with Crippen LogP contribution in [-0.2, 0) is 4.79 Å². The Hall–Kier alpha value is -1.13. The number of nitrogens with zero attached hydrogens (tertiary/aromatic N) is 1. The number of amides is 1. The van der Waals surface area contributed by atoms with E-state index in [2.05, 4.69) is 29.1 Å². The standard InChI is InChI=1S/C15H22N2OS/c1-4-8-17-9-6-5-7-13(17)15(18)16-14-11(2)10-19-12(14)3/h4,10,13H,1,5-9H2,2-3H3,(H,16,18)/t13-/m0/s1. The Bertz CT molecular complexity index is 447. The number of nitrogens with one attached hydrogen (secondary N) is 1. The van der Waals surface area contributed by atoms with E-state index in [-0.39, 0.29) is 11.9 Å². The van der Waals surface area contributed by atoms with Gasteiger partial charge in [-0.05, 0) is 44.2 Å². The maximum Gasteiger partial charge on any atom is 0.241 e. The Kier molecular flexibility index (Phi) is 4.77. The summed E-state index contributed by atoms with van der Waals surface area (Å²) in [5.41, 5.74) is 2.15. The van der Waals surface area contributed by atoms with E-state index in [9.17, 15) is 4.79 Å². The molecular weight excluding hydrogens is 256 g/mol. The van der Waals surface area contributed by atoms with Crippen molar-refractivity contribution in [2.24, 2.45) is 0 Å². The zero-order valence-corrected chi connectivity index (χ0v) is 12.6. The van der Waals surface area contributed by atoms with Crippen molar-refractivity contribution in [1.82, 2.24) is 4.90 Å². The lowest BCUT2D eigenvalue weighted by molar-refractivity contribution is -0.122. The second-order valence-corrected chi connectivity index (χ2v) is 6.22. The zero-order valence-electron chi connectivity index (χ0n) is 11.7. The molecule has 4 heteroatoms. The normalized spacial score (nSPS) is 20.2. The first-order chi connectivity index (χ1) is 9.13. The third-order valence-corrected chi connectivity index (χ3v) is 4.72. The number of carbonyl (C=O) groups is 1. The highest BCUT2D eigenvalue weighted by atomic mass is 32.1. The van der Waals surface area contributed by atoms with Crippen LogP contribution < -0.4 is 5.32 Å². The Balaban J connectivity index is 2.07. The van der Waals surface area contributed by atoms with Gasteiger partial charge >= 0.3 is 0 Å². The van der Waals surface area contributed by atoms with Crippen molar-refractivity contribution in [2.75, 3.05) is 18.4 Å². The molecule has 2 rings (SSSR count). The highest BCUT2D eigenvalue weighted by molar-refractivity contribution is 7.10. The molecule has 0 saturated carbocycles. The Morgan fingerprint density at radius 2 is 2.37 bits per heavy atom. The first kappa shape index (κ1) is 14.3. The van der Waals surface area contributed by atoms with E-state index in [0.717, 1.165) is 37.2 Å². The van der Waals surface area contributed by atoms with Gasteiger partial charge in [0.1, 0.15) is 0 Å². The summed E-state index contributed by atoms with van der Waals surface area (Å²) in [5.74, 6) is 0.131. The van der Waals surface area contributed by atoms with Gasteiger partial charge < -0.3 is 5.32 Å². The maximum atomic E-state index is 12.5. The fourth-order valence-corrected chi connectivity index (χ4v) is 3.44. The van der Waals surface area contributed by atoms with Crippen molar-refractivity contribution in [2.45, 2.75) is 39.2 Å². The van der Waals surface area contributed by atoms with Crippen LogP contribution in [0.5, 0.6) is 0 Å². The molecule has 0 spiro atoms. The molecule has 1 aromatic rings. The molecule has 1 aliphatic rings. The molecule has 0 unspecified atom stereocenters. The first-order valence-corrected chi connectivity index (χ1v) is 7.72. The predicted molar refractivity (Wildman–Crippen MR) is 81.8 cm³/mol. The van der Waals surface area contributed by atoms with Gasteiger partial charge in [-0.3, -0.25) is 9.69 Å². The molecule has 1 amide bonds. The summed E-state index contributed by atoms with van der Waals surface area (Å²) in [4.78, 5) is 15.9. The van der Waals surface area contributed by atoms with E-state index in [1.54, 1.807) is 11.3 Å². The van der Waals surface area contributed by atoms with E-state index >= 15 is 0 Å². The summed E-state index contributed by atoms with van der Waals surface area (Å²) in [6.45, 7) is 9.66. The van der Waals surface area contributed by atoms with E-state index in [4.69, 9.17) is 0 Å². The molecule has 1 saturated heterocycles. The van der Waals surface area contributed by atoms with Gasteiger partial charge in [-0.1, -0.05) is 12.5 Å². The molecular formula is C15H22N2OS. The van der Waals surface area contributed by atoms with Crippen LogP contribution in [0, 0.1) is 13.8 Å². The molecule has 1 fully saturated rings. The summed E-state index contributed by atoms with van der Waals surface area (Å²) in [5, 5.41) is 5.20. The summed E-state index contributed by atoms with van der Waals surface area (Å²) in [6, 6.07) is -0.00884. The fraction of sp³-hybridized carbons (Fsp3) is 0.533. The first-order valence-electron chi connectivity index (χ1n) is 6.84. The molecule has 0 aromatic carbocycles. The van der Waals surface area contributed by atoms with Crippen molar-refractivity contribution in [1.29, 1.82) is 0 Å². The van der Waals surface area contributed by atoms with Gasteiger partial charge in [0.25, 0.3) is 0 Å². The van der Waals surface area contributed by atoms with Crippen LogP contribution >= 0.6 is 11.3 Å². The summed E-state index contributed by atoms with van der Waals surface area (Å²) < 4.78 is 0. The molecule has 1 aliphatic heterocycles. The molecule has 19 heavy (non-hydrogen) atoms. The van der Waals surface area contributed by atoms with E-state index < -0.39 is 0 Å². The van der Waals surface area contributed by atoms with Crippen LogP contribution in [0.2, 0.25) is 0 Å². The van der Waals surface area contributed by atoms with E-state index in [0.29, 0.717) is 0 Å². The third-order valence-electron chi connectivity index (χ3n) is 3.69. The van der Waals surface area contributed by atoms with Crippen LogP contribution in [0.1, 0.15) is 29.7 Å². The van der Waals surface area contributed by atoms with Crippen molar-refractivity contribution in [3.8, 4) is 0 Å². The quantitative estimate of drug-likeness (QED) is 0.857. The molecule has 1 atom stereocenters. The van der Waals surface area contributed by atoms with Crippen LogP contribution in [0.4, 0.5) is 5.69 Å². The Morgan fingerprint density at radius 3 is 3.00 bits per heavy atom. The topological polar surface area (TPSA) is 32.3 Å². The summed E-state index contributed by atoms with van der Waals surface area (Å²) >= 11 is 1.69. The SMILES string of the molecule is C=CCN1CCCC[C@H]1C(=O)Nc1c(C)csc1C. The van der Waals surface area contributed by atoms with Crippen LogP contribution in [0.25, 0.3) is 0 Å². The monoisotopic (exact) mass is 278 g/mol. The van der Waals surface area contributed by atoms with Crippen LogP contribution in [0.3, 0.4) is 0 Å². The molecule has 1 aromatic heterocycles. The molecule has 0 bridgehead atoms. The highest BCUT2D eigenvalue weighted by Crippen LogP contribution is 2.27. The van der Waals surface area contributed by atoms with E-state index in [1.165, 1.54) is 11.3 Å².